The normalized spacial score (nSPS) is 13.5. The van der Waals surface area contributed by atoms with Crippen LogP contribution in [0.1, 0.15) is 6.42 Å². The molecule has 6 heteroatoms. The first-order valence-electron chi connectivity index (χ1n) is 4.93. The van der Waals surface area contributed by atoms with Crippen LogP contribution in [0.15, 0.2) is 12.7 Å². The van der Waals surface area contributed by atoms with Crippen molar-refractivity contribution < 1.29 is 22.8 Å². The largest absolute Gasteiger partial charge is 0.500 e. The maximum atomic E-state index is 11.4. The van der Waals surface area contributed by atoms with Crippen molar-refractivity contribution >= 4 is 14.6 Å². The van der Waals surface area contributed by atoms with Crippen molar-refractivity contribution in [2.24, 2.45) is 0 Å². The highest BCUT2D eigenvalue weighted by Gasteiger charge is 2.38. The van der Waals surface area contributed by atoms with Gasteiger partial charge in [-0.05, 0) is 12.5 Å². The van der Waals surface area contributed by atoms with Crippen LogP contribution in [0, 0.1) is 0 Å². The molecular formula is C10H20O5Si. The Morgan fingerprint density at radius 1 is 1.25 bits per heavy atom. The minimum atomic E-state index is -2.62. The minimum absolute atomic E-state index is 0.145. The molecule has 0 bridgehead atoms. The molecule has 0 rings (SSSR count). The Balaban J connectivity index is 4.37. The van der Waals surface area contributed by atoms with E-state index in [4.69, 9.17) is 18.0 Å². The standard InChI is InChI=1S/C10H20O5Si/c1-6-9(11)10(12-2)7-8-16(13-3,14-4)15-5/h6,10H,1,7-8H2,2-5H3. The van der Waals surface area contributed by atoms with Crippen molar-refractivity contribution in [2.45, 2.75) is 18.6 Å². The van der Waals surface area contributed by atoms with Crippen molar-refractivity contribution in [3.05, 3.63) is 12.7 Å². The van der Waals surface area contributed by atoms with Crippen LogP contribution in [0.4, 0.5) is 0 Å². The molecule has 0 aromatic carbocycles. The van der Waals surface area contributed by atoms with E-state index in [1.807, 2.05) is 0 Å². The molecule has 0 heterocycles. The highest BCUT2D eigenvalue weighted by atomic mass is 28.4. The second kappa shape index (κ2) is 7.69. The molecule has 0 saturated heterocycles. The molecule has 0 aliphatic rings. The molecule has 0 amide bonds. The molecule has 0 aliphatic heterocycles. The molecule has 1 unspecified atom stereocenters. The monoisotopic (exact) mass is 248 g/mol. The van der Waals surface area contributed by atoms with Gasteiger partial charge in [0, 0.05) is 34.5 Å². The van der Waals surface area contributed by atoms with Crippen LogP contribution >= 0.6 is 0 Å². The zero-order valence-corrected chi connectivity index (χ0v) is 11.3. The number of hydrogen-bond donors (Lipinski definition) is 0. The third-order valence-electron chi connectivity index (χ3n) is 2.45. The fourth-order valence-corrected chi connectivity index (χ4v) is 3.10. The lowest BCUT2D eigenvalue weighted by molar-refractivity contribution is -0.124. The molecule has 0 saturated carbocycles. The van der Waals surface area contributed by atoms with Crippen molar-refractivity contribution in [3.63, 3.8) is 0 Å². The van der Waals surface area contributed by atoms with Gasteiger partial charge in [-0.25, -0.2) is 0 Å². The molecule has 0 N–H and O–H groups in total. The summed E-state index contributed by atoms with van der Waals surface area (Å²) in [7, 11) is 3.48. The summed E-state index contributed by atoms with van der Waals surface area (Å²) >= 11 is 0. The molecular weight excluding hydrogens is 228 g/mol. The van der Waals surface area contributed by atoms with Gasteiger partial charge in [-0.3, -0.25) is 4.79 Å². The minimum Gasteiger partial charge on any atom is -0.377 e. The van der Waals surface area contributed by atoms with Gasteiger partial charge in [-0.15, -0.1) is 0 Å². The maximum Gasteiger partial charge on any atom is 0.500 e. The van der Waals surface area contributed by atoms with Gasteiger partial charge in [-0.2, -0.15) is 0 Å². The van der Waals surface area contributed by atoms with E-state index >= 15 is 0 Å². The van der Waals surface area contributed by atoms with E-state index in [0.29, 0.717) is 12.5 Å². The van der Waals surface area contributed by atoms with Crippen molar-refractivity contribution in [3.8, 4) is 0 Å². The fourth-order valence-electron chi connectivity index (χ4n) is 1.37. The second-order valence-corrected chi connectivity index (χ2v) is 6.26. The van der Waals surface area contributed by atoms with Gasteiger partial charge in [0.1, 0.15) is 6.10 Å². The third kappa shape index (κ3) is 4.15. The Bertz CT molecular complexity index is 219. The van der Waals surface area contributed by atoms with E-state index in [-0.39, 0.29) is 5.78 Å². The van der Waals surface area contributed by atoms with Crippen LogP contribution in [0.2, 0.25) is 6.04 Å². The molecule has 0 fully saturated rings. The van der Waals surface area contributed by atoms with Crippen LogP contribution < -0.4 is 0 Å². The second-order valence-electron chi connectivity index (χ2n) is 3.16. The summed E-state index contributed by atoms with van der Waals surface area (Å²) in [6, 6.07) is 0.522. The van der Waals surface area contributed by atoms with E-state index in [9.17, 15) is 4.79 Å². The highest BCUT2D eigenvalue weighted by molar-refractivity contribution is 6.60. The van der Waals surface area contributed by atoms with Gasteiger partial charge in [0.25, 0.3) is 0 Å². The molecule has 0 radical (unpaired) electrons. The summed E-state index contributed by atoms with van der Waals surface area (Å²) < 4.78 is 20.8. The zero-order chi connectivity index (χ0) is 12.6. The summed E-state index contributed by atoms with van der Waals surface area (Å²) in [6.07, 6.45) is 1.23. The SMILES string of the molecule is C=CC(=O)C(CC[Si](OC)(OC)OC)OC. The Hall–Kier alpha value is -0.533. The van der Waals surface area contributed by atoms with Crippen molar-refractivity contribution in [1.29, 1.82) is 0 Å². The molecule has 0 aliphatic carbocycles. The molecule has 0 aromatic heterocycles. The number of carbonyl (C=O) groups is 1. The molecule has 5 nitrogen and oxygen atoms in total. The Labute approximate surface area is 97.7 Å². The van der Waals surface area contributed by atoms with E-state index in [2.05, 4.69) is 6.58 Å². The summed E-state index contributed by atoms with van der Waals surface area (Å²) in [6.45, 7) is 3.42. The first-order chi connectivity index (χ1) is 7.59. The van der Waals surface area contributed by atoms with Gasteiger partial charge in [0.15, 0.2) is 5.78 Å². The van der Waals surface area contributed by atoms with Crippen LogP contribution in [0.25, 0.3) is 0 Å². The summed E-state index contributed by atoms with van der Waals surface area (Å²) in [5.41, 5.74) is 0. The number of rotatable bonds is 9. The van der Waals surface area contributed by atoms with Gasteiger partial charge in [0.2, 0.25) is 0 Å². The van der Waals surface area contributed by atoms with Gasteiger partial charge in [-0.1, -0.05) is 6.58 Å². The number of carbonyl (C=O) groups excluding carboxylic acids is 1. The van der Waals surface area contributed by atoms with Crippen LogP contribution in [0.5, 0.6) is 0 Å². The average Bonchev–Trinajstić information content (AvgIpc) is 2.35. The summed E-state index contributed by atoms with van der Waals surface area (Å²) in [5, 5.41) is 0. The van der Waals surface area contributed by atoms with Crippen LogP contribution in [0.3, 0.4) is 0 Å². The molecule has 94 valence electrons. The van der Waals surface area contributed by atoms with Gasteiger partial charge < -0.3 is 18.0 Å². The van der Waals surface area contributed by atoms with Gasteiger partial charge >= 0.3 is 8.80 Å². The molecule has 16 heavy (non-hydrogen) atoms. The number of hydrogen-bond acceptors (Lipinski definition) is 5. The maximum absolute atomic E-state index is 11.4. The number of ether oxygens (including phenoxy) is 1. The van der Waals surface area contributed by atoms with E-state index in [1.54, 1.807) is 0 Å². The van der Waals surface area contributed by atoms with Crippen LogP contribution in [-0.2, 0) is 22.8 Å². The Morgan fingerprint density at radius 3 is 2.06 bits per heavy atom. The fraction of sp³-hybridized carbons (Fsp3) is 0.700. The van der Waals surface area contributed by atoms with Crippen molar-refractivity contribution in [1.82, 2.24) is 0 Å². The lowest BCUT2D eigenvalue weighted by atomic mass is 10.2. The van der Waals surface area contributed by atoms with Crippen LogP contribution in [-0.4, -0.2) is 49.1 Å². The van der Waals surface area contributed by atoms with E-state index < -0.39 is 14.9 Å². The number of methoxy groups -OCH3 is 1. The number of ketones is 1. The lowest BCUT2D eigenvalue weighted by Gasteiger charge is -2.25. The first-order valence-corrected chi connectivity index (χ1v) is 6.86. The Kier molecular flexibility index (Phi) is 7.44. The Morgan fingerprint density at radius 2 is 1.75 bits per heavy atom. The van der Waals surface area contributed by atoms with Gasteiger partial charge in [0.05, 0.1) is 0 Å². The average molecular weight is 248 g/mol. The van der Waals surface area contributed by atoms with E-state index in [0.717, 1.165) is 0 Å². The summed E-state index contributed by atoms with van der Waals surface area (Å²) in [5.74, 6) is -0.145. The molecule has 0 spiro atoms. The van der Waals surface area contributed by atoms with Crippen molar-refractivity contribution in [2.75, 3.05) is 28.4 Å². The quantitative estimate of drug-likeness (QED) is 0.450. The van der Waals surface area contributed by atoms with E-state index in [1.165, 1.54) is 34.5 Å². The third-order valence-corrected chi connectivity index (χ3v) is 5.22. The predicted molar refractivity (Wildman–Crippen MR) is 62.2 cm³/mol. The predicted octanol–water partition coefficient (Wildman–Crippen LogP) is 1.02. The lowest BCUT2D eigenvalue weighted by Crippen LogP contribution is -2.43. The zero-order valence-electron chi connectivity index (χ0n) is 10.3. The first kappa shape index (κ1) is 15.5. The smallest absolute Gasteiger partial charge is 0.377 e. The molecule has 1 atom stereocenters. The highest BCUT2D eigenvalue weighted by Crippen LogP contribution is 2.17. The topological polar surface area (TPSA) is 54.0 Å². The molecule has 0 aromatic rings. The summed E-state index contributed by atoms with van der Waals surface area (Å²) in [4.78, 5) is 11.4.